The first-order valence-corrected chi connectivity index (χ1v) is 8.10. The van der Waals surface area contributed by atoms with E-state index in [0.29, 0.717) is 4.68 Å². The van der Waals surface area contributed by atoms with E-state index in [1.54, 1.807) is 6.07 Å². The summed E-state index contributed by atoms with van der Waals surface area (Å²) in [6.45, 7) is 1.19. The van der Waals surface area contributed by atoms with Gasteiger partial charge >= 0.3 is 15.6 Å². The number of hydrogen-bond donors (Lipinski definition) is 0. The predicted molar refractivity (Wildman–Crippen MR) is 78.6 cm³/mol. The molecule has 0 radical (unpaired) electrons. The van der Waals surface area contributed by atoms with Crippen LogP contribution in [0.4, 0.5) is 13.2 Å². The third-order valence-corrected chi connectivity index (χ3v) is 4.27. The van der Waals surface area contributed by atoms with E-state index in [4.69, 9.17) is 28.5 Å². The maximum absolute atomic E-state index is 12.6. The van der Waals surface area contributed by atoms with Crippen LogP contribution in [0.15, 0.2) is 18.2 Å². The van der Waals surface area contributed by atoms with Crippen LogP contribution in [0.25, 0.3) is 5.69 Å². The summed E-state index contributed by atoms with van der Waals surface area (Å²) in [7, 11) is -5.96. The smallest absolute Gasteiger partial charge is 0.355 e. The molecule has 0 aliphatic carbocycles. The summed E-state index contributed by atoms with van der Waals surface area (Å²) in [5.74, 6) is -0.798. The van der Waals surface area contributed by atoms with Crippen LogP contribution in [0.3, 0.4) is 0 Å². The summed E-state index contributed by atoms with van der Waals surface area (Å²) in [6, 6.07) is 5.53. The van der Waals surface area contributed by atoms with Crippen LogP contribution in [0.5, 0.6) is 5.88 Å². The lowest BCUT2D eigenvalue weighted by Crippen LogP contribution is -2.29. The second-order valence-corrected chi connectivity index (χ2v) is 6.76. The first-order chi connectivity index (χ1) is 11.0. The zero-order valence-electron chi connectivity index (χ0n) is 11.6. The van der Waals surface area contributed by atoms with Gasteiger partial charge in [-0.2, -0.15) is 36.6 Å². The molecular formula is C12H6Cl2F3N3O3S. The number of hydrogen-bond acceptors (Lipinski definition) is 5. The third-order valence-electron chi connectivity index (χ3n) is 2.78. The van der Waals surface area contributed by atoms with Gasteiger partial charge in [0.05, 0.1) is 16.3 Å². The van der Waals surface area contributed by atoms with Gasteiger partial charge in [0.1, 0.15) is 6.07 Å². The molecule has 0 aliphatic heterocycles. The van der Waals surface area contributed by atoms with Gasteiger partial charge in [0.2, 0.25) is 5.88 Å². The Morgan fingerprint density at radius 3 is 2.46 bits per heavy atom. The van der Waals surface area contributed by atoms with Gasteiger partial charge in [0.25, 0.3) is 0 Å². The van der Waals surface area contributed by atoms with Crippen LogP contribution in [-0.4, -0.2) is 23.7 Å². The quantitative estimate of drug-likeness (QED) is 0.581. The largest absolute Gasteiger partial charge is 0.534 e. The van der Waals surface area contributed by atoms with Crippen molar-refractivity contribution in [1.82, 2.24) is 9.78 Å². The Balaban J connectivity index is 2.69. The molecule has 2 rings (SSSR count). The molecule has 0 amide bonds. The van der Waals surface area contributed by atoms with E-state index < -0.39 is 21.5 Å². The highest BCUT2D eigenvalue weighted by Crippen LogP contribution is 2.34. The fourth-order valence-electron chi connectivity index (χ4n) is 1.65. The minimum atomic E-state index is -5.96. The highest BCUT2D eigenvalue weighted by Gasteiger charge is 2.49. The molecule has 0 saturated heterocycles. The standard InChI is InChI=1S/C12H6Cl2F3N3O3S/c1-6-9(5-18)19-20(10-3-2-7(13)4-8(10)14)11(6)23-24(21,22)12(15,16)17/h2-4H,1H3. The molecule has 12 heteroatoms. The lowest BCUT2D eigenvalue weighted by Gasteiger charge is -2.12. The van der Waals surface area contributed by atoms with E-state index in [-0.39, 0.29) is 27.0 Å². The van der Waals surface area contributed by atoms with Gasteiger partial charge in [-0.1, -0.05) is 23.2 Å². The van der Waals surface area contributed by atoms with Crippen LogP contribution in [0.2, 0.25) is 10.0 Å². The first-order valence-electron chi connectivity index (χ1n) is 5.94. The highest BCUT2D eigenvalue weighted by molar-refractivity contribution is 7.87. The summed E-state index contributed by atoms with van der Waals surface area (Å²) in [6.07, 6.45) is 0. The van der Waals surface area contributed by atoms with Crippen molar-refractivity contribution in [3.8, 4) is 17.6 Å². The fraction of sp³-hybridized carbons (Fsp3) is 0.167. The number of halogens is 5. The van der Waals surface area contributed by atoms with E-state index in [0.717, 1.165) is 0 Å². The average Bonchev–Trinajstić information content (AvgIpc) is 2.74. The average molecular weight is 400 g/mol. The topological polar surface area (TPSA) is 85.0 Å². The fourth-order valence-corrected chi connectivity index (χ4v) is 2.64. The molecule has 0 saturated carbocycles. The van der Waals surface area contributed by atoms with Gasteiger partial charge in [-0.15, -0.1) is 0 Å². The molecule has 0 N–H and O–H groups in total. The maximum Gasteiger partial charge on any atom is 0.534 e. The summed E-state index contributed by atoms with van der Waals surface area (Å²) in [5.41, 5.74) is -6.19. The molecule has 6 nitrogen and oxygen atoms in total. The van der Waals surface area contributed by atoms with Crippen molar-refractivity contribution < 1.29 is 25.8 Å². The van der Waals surface area contributed by atoms with Crippen molar-refractivity contribution in [2.75, 3.05) is 0 Å². The molecule has 0 spiro atoms. The van der Waals surface area contributed by atoms with Crippen molar-refractivity contribution in [3.63, 3.8) is 0 Å². The predicted octanol–water partition coefficient (Wildman–Crippen LogP) is 3.59. The zero-order chi connectivity index (χ0) is 18.3. The van der Waals surface area contributed by atoms with Gasteiger partial charge in [-0.05, 0) is 25.1 Å². The van der Waals surface area contributed by atoms with Crippen molar-refractivity contribution >= 4 is 33.3 Å². The Bertz CT molecular complexity index is 949. The Hall–Kier alpha value is -1.96. The second kappa shape index (κ2) is 6.16. The van der Waals surface area contributed by atoms with Crippen molar-refractivity contribution in [3.05, 3.63) is 39.5 Å². The van der Waals surface area contributed by atoms with E-state index in [2.05, 4.69) is 9.28 Å². The molecule has 1 aromatic heterocycles. The molecular weight excluding hydrogens is 394 g/mol. The van der Waals surface area contributed by atoms with Gasteiger partial charge in [0, 0.05) is 5.02 Å². The summed E-state index contributed by atoms with van der Waals surface area (Å²) in [4.78, 5) is 0. The van der Waals surface area contributed by atoms with Gasteiger partial charge in [-0.3, -0.25) is 0 Å². The molecule has 0 fully saturated rings. The number of nitrogens with zero attached hydrogens (tertiary/aromatic N) is 3. The molecule has 24 heavy (non-hydrogen) atoms. The Morgan fingerprint density at radius 1 is 1.33 bits per heavy atom. The second-order valence-electron chi connectivity index (χ2n) is 4.38. The SMILES string of the molecule is Cc1c(C#N)nn(-c2ccc(Cl)cc2Cl)c1OS(=O)(=O)C(F)(F)F. The lowest BCUT2D eigenvalue weighted by molar-refractivity contribution is -0.0502. The number of nitriles is 1. The maximum atomic E-state index is 12.6. The number of benzene rings is 1. The minimum absolute atomic E-state index is 0.0157. The van der Waals surface area contributed by atoms with E-state index >= 15 is 0 Å². The van der Waals surface area contributed by atoms with E-state index in [1.807, 2.05) is 0 Å². The molecule has 128 valence electrons. The Kier molecular flexibility index (Phi) is 4.72. The number of alkyl halides is 3. The van der Waals surface area contributed by atoms with Gasteiger partial charge in [-0.25, -0.2) is 0 Å². The molecule has 2 aromatic rings. The van der Waals surface area contributed by atoms with E-state index in [1.165, 1.54) is 25.1 Å². The summed E-state index contributed by atoms with van der Waals surface area (Å²) >= 11 is 11.7. The van der Waals surface area contributed by atoms with Crippen LogP contribution >= 0.6 is 23.2 Å². The van der Waals surface area contributed by atoms with Gasteiger partial charge in [0.15, 0.2) is 5.69 Å². The van der Waals surface area contributed by atoms with Crippen molar-refractivity contribution in [1.29, 1.82) is 5.26 Å². The first kappa shape index (κ1) is 18.4. The molecule has 0 aliphatic rings. The molecule has 0 bridgehead atoms. The van der Waals surface area contributed by atoms with Crippen LogP contribution < -0.4 is 4.18 Å². The molecule has 0 atom stereocenters. The normalized spacial score (nSPS) is 12.0. The highest BCUT2D eigenvalue weighted by atomic mass is 35.5. The van der Waals surface area contributed by atoms with Gasteiger partial charge < -0.3 is 4.18 Å². The molecule has 1 heterocycles. The van der Waals surface area contributed by atoms with E-state index in [9.17, 15) is 21.6 Å². The van der Waals surface area contributed by atoms with Crippen molar-refractivity contribution in [2.24, 2.45) is 0 Å². The monoisotopic (exact) mass is 399 g/mol. The summed E-state index contributed by atoms with van der Waals surface area (Å²) in [5, 5.41) is 12.9. The lowest BCUT2D eigenvalue weighted by atomic mass is 10.3. The van der Waals surface area contributed by atoms with Crippen LogP contribution in [-0.2, 0) is 10.1 Å². The summed E-state index contributed by atoms with van der Waals surface area (Å²) < 4.78 is 65.0. The molecule has 0 unspecified atom stereocenters. The molecule has 1 aromatic carbocycles. The number of aromatic nitrogens is 2. The minimum Gasteiger partial charge on any atom is -0.355 e. The van der Waals surface area contributed by atoms with Crippen LogP contribution in [0, 0.1) is 18.3 Å². The van der Waals surface area contributed by atoms with Crippen molar-refractivity contribution in [2.45, 2.75) is 12.4 Å². The Labute approximate surface area is 144 Å². The van der Waals surface area contributed by atoms with Crippen LogP contribution in [0.1, 0.15) is 11.3 Å². The Morgan fingerprint density at radius 2 is 1.96 bits per heavy atom. The number of rotatable bonds is 3. The third kappa shape index (κ3) is 3.28. The zero-order valence-corrected chi connectivity index (χ0v) is 13.9.